The number of ketones is 2. The van der Waals surface area contributed by atoms with Gasteiger partial charge in [0.15, 0.2) is 0 Å². The standard InChI is InChI=1S/C13H18O5/c1-9(14)13(10(2)15)6-11(16)7-17-8-12-4-3-5-18-12/h3-5,11,13,16H,6-8H2,1-2H3. The molecule has 0 radical (unpaired) electrons. The van der Waals surface area contributed by atoms with Crippen LogP contribution < -0.4 is 0 Å². The normalized spacial score (nSPS) is 12.7. The molecule has 18 heavy (non-hydrogen) atoms. The lowest BCUT2D eigenvalue weighted by Crippen LogP contribution is -2.27. The van der Waals surface area contributed by atoms with E-state index in [2.05, 4.69) is 0 Å². The zero-order valence-corrected chi connectivity index (χ0v) is 10.6. The Labute approximate surface area is 106 Å². The molecule has 100 valence electrons. The van der Waals surface area contributed by atoms with Gasteiger partial charge in [-0.05, 0) is 32.4 Å². The van der Waals surface area contributed by atoms with Gasteiger partial charge in [0.25, 0.3) is 0 Å². The first-order chi connectivity index (χ1) is 8.50. The van der Waals surface area contributed by atoms with Crippen molar-refractivity contribution in [3.8, 4) is 0 Å². The number of furan rings is 1. The van der Waals surface area contributed by atoms with Crippen molar-refractivity contribution in [1.82, 2.24) is 0 Å². The number of Topliss-reactive ketones (excluding diaryl/α,β-unsaturated/α-hetero) is 2. The van der Waals surface area contributed by atoms with E-state index in [1.165, 1.54) is 20.1 Å². The summed E-state index contributed by atoms with van der Waals surface area (Å²) in [7, 11) is 0. The van der Waals surface area contributed by atoms with E-state index < -0.39 is 12.0 Å². The summed E-state index contributed by atoms with van der Waals surface area (Å²) in [6.45, 7) is 3.03. The number of hydrogen-bond acceptors (Lipinski definition) is 5. The predicted molar refractivity (Wildman–Crippen MR) is 63.8 cm³/mol. The first kappa shape index (κ1) is 14.6. The van der Waals surface area contributed by atoms with Crippen LogP contribution in [0.15, 0.2) is 22.8 Å². The van der Waals surface area contributed by atoms with Crippen LogP contribution in [-0.4, -0.2) is 29.4 Å². The topological polar surface area (TPSA) is 76.7 Å². The van der Waals surface area contributed by atoms with Crippen molar-refractivity contribution in [1.29, 1.82) is 0 Å². The van der Waals surface area contributed by atoms with Crippen molar-refractivity contribution in [3.05, 3.63) is 24.2 Å². The predicted octanol–water partition coefficient (Wildman–Crippen LogP) is 1.34. The zero-order valence-electron chi connectivity index (χ0n) is 10.6. The van der Waals surface area contributed by atoms with E-state index in [1.807, 2.05) is 0 Å². The Morgan fingerprint density at radius 1 is 1.39 bits per heavy atom. The minimum Gasteiger partial charge on any atom is -0.467 e. The number of aliphatic hydroxyl groups is 1. The van der Waals surface area contributed by atoms with E-state index in [0.717, 1.165) is 0 Å². The molecule has 1 N–H and O–H groups in total. The number of carbonyl (C=O) groups excluding carboxylic acids is 2. The maximum absolute atomic E-state index is 11.2. The number of hydrogen-bond donors (Lipinski definition) is 1. The molecule has 5 nitrogen and oxygen atoms in total. The summed E-state index contributed by atoms with van der Waals surface area (Å²) in [6, 6.07) is 3.51. The lowest BCUT2D eigenvalue weighted by atomic mass is 9.94. The summed E-state index contributed by atoms with van der Waals surface area (Å²) in [6.07, 6.45) is 0.803. The van der Waals surface area contributed by atoms with E-state index >= 15 is 0 Å². The second kappa shape index (κ2) is 7.08. The summed E-state index contributed by atoms with van der Waals surface area (Å²) in [4.78, 5) is 22.4. The Balaban J connectivity index is 2.30. The molecule has 5 heteroatoms. The van der Waals surface area contributed by atoms with Crippen LogP contribution in [0.4, 0.5) is 0 Å². The Kier molecular flexibility index (Phi) is 5.74. The number of rotatable bonds is 8. The quantitative estimate of drug-likeness (QED) is 0.708. The SMILES string of the molecule is CC(=O)C(CC(O)COCc1ccco1)C(C)=O. The maximum Gasteiger partial charge on any atom is 0.140 e. The van der Waals surface area contributed by atoms with Crippen LogP contribution in [0.5, 0.6) is 0 Å². The summed E-state index contributed by atoms with van der Waals surface area (Å²) < 4.78 is 10.3. The molecule has 1 unspecified atom stereocenters. The highest BCUT2D eigenvalue weighted by Gasteiger charge is 2.23. The lowest BCUT2D eigenvalue weighted by molar-refractivity contribution is -0.132. The maximum atomic E-state index is 11.2. The zero-order chi connectivity index (χ0) is 13.5. The molecule has 0 amide bonds. The van der Waals surface area contributed by atoms with Crippen molar-refractivity contribution < 1.29 is 23.8 Å². The first-order valence-corrected chi connectivity index (χ1v) is 5.79. The average molecular weight is 254 g/mol. The van der Waals surface area contributed by atoms with Gasteiger partial charge < -0.3 is 14.3 Å². The molecule has 0 saturated carbocycles. The van der Waals surface area contributed by atoms with Crippen LogP contribution in [0.25, 0.3) is 0 Å². The lowest BCUT2D eigenvalue weighted by Gasteiger charge is -2.15. The Morgan fingerprint density at radius 2 is 2.06 bits per heavy atom. The van der Waals surface area contributed by atoms with Crippen molar-refractivity contribution in [2.45, 2.75) is 33.0 Å². The van der Waals surface area contributed by atoms with Crippen LogP contribution in [0.2, 0.25) is 0 Å². The van der Waals surface area contributed by atoms with Gasteiger partial charge in [0, 0.05) is 0 Å². The van der Waals surface area contributed by atoms with Gasteiger partial charge in [-0.25, -0.2) is 0 Å². The Morgan fingerprint density at radius 3 is 2.56 bits per heavy atom. The van der Waals surface area contributed by atoms with E-state index in [-0.39, 0.29) is 31.2 Å². The monoisotopic (exact) mass is 254 g/mol. The third-order valence-electron chi connectivity index (χ3n) is 2.62. The largest absolute Gasteiger partial charge is 0.467 e. The molecule has 0 spiro atoms. The highest BCUT2D eigenvalue weighted by atomic mass is 16.5. The summed E-state index contributed by atoms with van der Waals surface area (Å²) >= 11 is 0. The molecule has 0 aliphatic carbocycles. The van der Waals surface area contributed by atoms with Gasteiger partial charge in [-0.3, -0.25) is 9.59 Å². The molecule has 1 heterocycles. The van der Waals surface area contributed by atoms with Gasteiger partial charge in [0.2, 0.25) is 0 Å². The first-order valence-electron chi connectivity index (χ1n) is 5.79. The van der Waals surface area contributed by atoms with Crippen molar-refractivity contribution in [3.63, 3.8) is 0 Å². The van der Waals surface area contributed by atoms with Gasteiger partial charge >= 0.3 is 0 Å². The smallest absolute Gasteiger partial charge is 0.140 e. The van der Waals surface area contributed by atoms with Gasteiger partial charge in [-0.15, -0.1) is 0 Å². The molecule has 1 aromatic rings. The van der Waals surface area contributed by atoms with E-state index in [1.54, 1.807) is 12.1 Å². The second-order valence-corrected chi connectivity index (χ2v) is 4.26. The molecular formula is C13H18O5. The highest BCUT2D eigenvalue weighted by molar-refractivity contribution is 6.00. The highest BCUT2D eigenvalue weighted by Crippen LogP contribution is 2.11. The molecule has 1 rings (SSSR count). The molecular weight excluding hydrogens is 236 g/mol. The fourth-order valence-electron chi connectivity index (χ4n) is 1.65. The molecule has 0 fully saturated rings. The summed E-state index contributed by atoms with van der Waals surface area (Å²) in [5, 5.41) is 9.69. The number of aliphatic hydroxyl groups excluding tert-OH is 1. The third kappa shape index (κ3) is 4.81. The number of ether oxygens (including phenoxy) is 1. The molecule has 0 aromatic carbocycles. The van der Waals surface area contributed by atoms with Gasteiger partial charge in [0.05, 0.1) is 24.9 Å². The summed E-state index contributed by atoms with van der Waals surface area (Å²) in [5.41, 5.74) is 0. The van der Waals surface area contributed by atoms with E-state index in [9.17, 15) is 14.7 Å². The fraction of sp³-hybridized carbons (Fsp3) is 0.538. The van der Waals surface area contributed by atoms with Gasteiger partial charge in [-0.2, -0.15) is 0 Å². The molecule has 0 aliphatic rings. The molecule has 0 bridgehead atoms. The fourth-order valence-corrected chi connectivity index (χ4v) is 1.65. The van der Waals surface area contributed by atoms with Gasteiger partial charge in [0.1, 0.15) is 23.9 Å². The molecule has 0 saturated heterocycles. The third-order valence-corrected chi connectivity index (χ3v) is 2.62. The van der Waals surface area contributed by atoms with Crippen molar-refractivity contribution in [2.75, 3.05) is 6.61 Å². The molecule has 1 aromatic heterocycles. The second-order valence-electron chi connectivity index (χ2n) is 4.26. The van der Waals surface area contributed by atoms with Crippen LogP contribution in [-0.2, 0) is 20.9 Å². The van der Waals surface area contributed by atoms with Crippen LogP contribution in [0.3, 0.4) is 0 Å². The average Bonchev–Trinajstić information content (AvgIpc) is 2.78. The van der Waals surface area contributed by atoms with Crippen LogP contribution in [0.1, 0.15) is 26.0 Å². The van der Waals surface area contributed by atoms with Crippen LogP contribution in [0, 0.1) is 5.92 Å². The summed E-state index contributed by atoms with van der Waals surface area (Å²) in [5.74, 6) is -0.538. The Hall–Kier alpha value is -1.46. The Bertz CT molecular complexity index is 368. The minimum absolute atomic E-state index is 0.0672. The molecule has 0 aliphatic heterocycles. The van der Waals surface area contributed by atoms with E-state index in [0.29, 0.717) is 5.76 Å². The van der Waals surface area contributed by atoms with Gasteiger partial charge in [-0.1, -0.05) is 0 Å². The van der Waals surface area contributed by atoms with Crippen molar-refractivity contribution in [2.24, 2.45) is 5.92 Å². The molecule has 1 atom stereocenters. The minimum atomic E-state index is -0.835. The van der Waals surface area contributed by atoms with Crippen molar-refractivity contribution >= 4 is 11.6 Å². The van der Waals surface area contributed by atoms with Crippen LogP contribution >= 0.6 is 0 Å². The van der Waals surface area contributed by atoms with E-state index in [4.69, 9.17) is 9.15 Å². The number of carbonyl (C=O) groups is 2.